The number of fused-ring (bicyclic) bond motifs is 2. The SMILES string of the molecule is O=C(Cc1csc2nc(-c3ccc(F)cc3)cn12)NCCc1c[nH]c2ccccc12. The van der Waals surface area contributed by atoms with Gasteiger partial charge in [0.2, 0.25) is 5.91 Å². The van der Waals surface area contributed by atoms with Gasteiger partial charge in [-0.15, -0.1) is 11.3 Å². The molecule has 1 amide bonds. The first kappa shape index (κ1) is 18.6. The zero-order valence-electron chi connectivity index (χ0n) is 16.1. The Kier molecular flexibility index (Phi) is 4.80. The second-order valence-corrected chi connectivity index (χ2v) is 7.99. The van der Waals surface area contributed by atoms with Gasteiger partial charge in [-0.1, -0.05) is 18.2 Å². The number of benzene rings is 2. The molecule has 0 aliphatic rings. The number of para-hydroxylation sites is 1. The molecule has 5 aromatic rings. The molecule has 0 atom stereocenters. The van der Waals surface area contributed by atoms with Crippen LogP contribution in [-0.4, -0.2) is 26.8 Å². The van der Waals surface area contributed by atoms with Crippen molar-refractivity contribution in [2.45, 2.75) is 12.8 Å². The predicted molar refractivity (Wildman–Crippen MR) is 117 cm³/mol. The normalized spacial score (nSPS) is 11.4. The van der Waals surface area contributed by atoms with Gasteiger partial charge in [-0.25, -0.2) is 9.37 Å². The average molecular weight is 418 g/mol. The van der Waals surface area contributed by atoms with Gasteiger partial charge >= 0.3 is 0 Å². The Morgan fingerprint density at radius 3 is 2.87 bits per heavy atom. The molecule has 0 saturated carbocycles. The zero-order chi connectivity index (χ0) is 20.5. The summed E-state index contributed by atoms with van der Waals surface area (Å²) in [6.07, 6.45) is 4.96. The fraction of sp³-hybridized carbons (Fsp3) is 0.130. The molecular formula is C23H19FN4OS. The fourth-order valence-corrected chi connectivity index (χ4v) is 4.49. The van der Waals surface area contributed by atoms with Crippen molar-refractivity contribution in [2.24, 2.45) is 0 Å². The third-order valence-corrected chi connectivity index (χ3v) is 6.05. The lowest BCUT2D eigenvalue weighted by Crippen LogP contribution is -2.27. The summed E-state index contributed by atoms with van der Waals surface area (Å²) in [5.41, 5.74) is 4.81. The van der Waals surface area contributed by atoms with Crippen LogP contribution in [0.5, 0.6) is 0 Å². The Morgan fingerprint density at radius 1 is 1.17 bits per heavy atom. The summed E-state index contributed by atoms with van der Waals surface area (Å²) in [4.78, 5) is 21.1. The highest BCUT2D eigenvalue weighted by Gasteiger charge is 2.13. The van der Waals surface area contributed by atoms with E-state index in [0.29, 0.717) is 6.54 Å². The van der Waals surface area contributed by atoms with Gasteiger partial charge in [0.15, 0.2) is 4.96 Å². The van der Waals surface area contributed by atoms with Crippen molar-refractivity contribution < 1.29 is 9.18 Å². The molecular weight excluding hydrogens is 399 g/mol. The van der Waals surface area contributed by atoms with Crippen molar-refractivity contribution in [3.8, 4) is 11.3 Å². The van der Waals surface area contributed by atoms with Crippen LogP contribution in [0.4, 0.5) is 4.39 Å². The Labute approximate surface area is 176 Å². The number of nitrogens with one attached hydrogen (secondary N) is 2. The Morgan fingerprint density at radius 2 is 2.00 bits per heavy atom. The molecule has 0 saturated heterocycles. The molecule has 0 bridgehead atoms. The number of amides is 1. The predicted octanol–water partition coefficient (Wildman–Crippen LogP) is 4.58. The maximum absolute atomic E-state index is 13.2. The molecule has 3 heterocycles. The van der Waals surface area contributed by atoms with Gasteiger partial charge in [0, 0.05) is 46.5 Å². The number of H-pyrrole nitrogens is 1. The summed E-state index contributed by atoms with van der Waals surface area (Å²) in [5.74, 6) is -0.295. The summed E-state index contributed by atoms with van der Waals surface area (Å²) in [6, 6.07) is 14.4. The maximum Gasteiger partial charge on any atom is 0.225 e. The quantitative estimate of drug-likeness (QED) is 0.424. The fourth-order valence-electron chi connectivity index (χ4n) is 3.62. The minimum absolute atomic E-state index is 0.0217. The molecule has 0 aliphatic heterocycles. The first-order chi connectivity index (χ1) is 14.7. The third kappa shape index (κ3) is 3.59. The number of thiazole rings is 1. The molecule has 30 heavy (non-hydrogen) atoms. The smallest absolute Gasteiger partial charge is 0.225 e. The van der Waals surface area contributed by atoms with Crippen LogP contribution in [0.1, 0.15) is 11.3 Å². The van der Waals surface area contributed by atoms with Crippen molar-refractivity contribution in [1.82, 2.24) is 19.7 Å². The molecule has 7 heteroatoms. The van der Waals surface area contributed by atoms with E-state index >= 15 is 0 Å². The molecule has 0 aliphatic carbocycles. The van der Waals surface area contributed by atoms with Crippen molar-refractivity contribution in [2.75, 3.05) is 6.54 Å². The van der Waals surface area contributed by atoms with E-state index in [4.69, 9.17) is 0 Å². The molecule has 150 valence electrons. The van der Waals surface area contributed by atoms with E-state index in [1.807, 2.05) is 40.4 Å². The molecule has 0 radical (unpaired) electrons. The van der Waals surface area contributed by atoms with E-state index in [2.05, 4.69) is 21.4 Å². The Balaban J connectivity index is 1.24. The lowest BCUT2D eigenvalue weighted by Gasteiger charge is -2.04. The van der Waals surface area contributed by atoms with E-state index in [-0.39, 0.29) is 18.1 Å². The van der Waals surface area contributed by atoms with Crippen LogP contribution in [-0.2, 0) is 17.6 Å². The summed E-state index contributed by atoms with van der Waals surface area (Å²) < 4.78 is 15.1. The summed E-state index contributed by atoms with van der Waals surface area (Å²) >= 11 is 1.49. The first-order valence-electron chi connectivity index (χ1n) is 9.70. The molecule has 0 unspecified atom stereocenters. The van der Waals surface area contributed by atoms with Crippen LogP contribution < -0.4 is 5.32 Å². The largest absolute Gasteiger partial charge is 0.361 e. The van der Waals surface area contributed by atoms with Crippen molar-refractivity contribution in [3.63, 3.8) is 0 Å². The lowest BCUT2D eigenvalue weighted by atomic mass is 10.1. The zero-order valence-corrected chi connectivity index (χ0v) is 16.9. The summed E-state index contributed by atoms with van der Waals surface area (Å²) in [5, 5.41) is 6.16. The van der Waals surface area contributed by atoms with E-state index < -0.39 is 0 Å². The van der Waals surface area contributed by atoms with Gasteiger partial charge in [0.05, 0.1) is 12.1 Å². The van der Waals surface area contributed by atoms with Crippen LogP contribution in [0.25, 0.3) is 27.1 Å². The number of carbonyl (C=O) groups excluding carboxylic acids is 1. The molecule has 2 N–H and O–H groups in total. The summed E-state index contributed by atoms with van der Waals surface area (Å²) in [7, 11) is 0. The number of imidazole rings is 1. The number of aromatic nitrogens is 3. The molecule has 5 rings (SSSR count). The van der Waals surface area contributed by atoms with Crippen LogP contribution in [0, 0.1) is 5.82 Å². The van der Waals surface area contributed by atoms with E-state index in [9.17, 15) is 9.18 Å². The second kappa shape index (κ2) is 7.76. The Hall–Kier alpha value is -3.45. The monoisotopic (exact) mass is 418 g/mol. The number of rotatable bonds is 6. The van der Waals surface area contributed by atoms with Gasteiger partial charge in [-0.05, 0) is 42.3 Å². The topological polar surface area (TPSA) is 62.2 Å². The molecule has 3 aromatic heterocycles. The van der Waals surface area contributed by atoms with Crippen LogP contribution in [0.15, 0.2) is 66.3 Å². The molecule has 5 nitrogen and oxygen atoms in total. The van der Waals surface area contributed by atoms with Gasteiger partial charge in [-0.3, -0.25) is 9.20 Å². The number of hydrogen-bond donors (Lipinski definition) is 2. The van der Waals surface area contributed by atoms with E-state index in [1.165, 1.54) is 34.4 Å². The average Bonchev–Trinajstić information content (AvgIpc) is 3.45. The van der Waals surface area contributed by atoms with Crippen molar-refractivity contribution >= 4 is 33.1 Å². The minimum atomic E-state index is -0.273. The highest BCUT2D eigenvalue weighted by molar-refractivity contribution is 7.15. The lowest BCUT2D eigenvalue weighted by molar-refractivity contribution is -0.120. The number of carbonyl (C=O) groups is 1. The van der Waals surface area contributed by atoms with Gasteiger partial charge < -0.3 is 10.3 Å². The number of aromatic amines is 1. The van der Waals surface area contributed by atoms with E-state index in [0.717, 1.165) is 33.8 Å². The van der Waals surface area contributed by atoms with Crippen molar-refractivity contribution in [3.05, 3.63) is 83.4 Å². The van der Waals surface area contributed by atoms with Gasteiger partial charge in [0.25, 0.3) is 0 Å². The van der Waals surface area contributed by atoms with Crippen LogP contribution in [0.3, 0.4) is 0 Å². The van der Waals surface area contributed by atoms with Gasteiger partial charge in [-0.2, -0.15) is 0 Å². The molecule has 0 fully saturated rings. The molecule has 0 spiro atoms. The highest BCUT2D eigenvalue weighted by atomic mass is 32.1. The highest BCUT2D eigenvalue weighted by Crippen LogP contribution is 2.24. The summed E-state index contributed by atoms with van der Waals surface area (Å²) in [6.45, 7) is 0.582. The number of nitrogens with zero attached hydrogens (tertiary/aromatic N) is 2. The van der Waals surface area contributed by atoms with Crippen molar-refractivity contribution in [1.29, 1.82) is 0 Å². The molecule has 2 aromatic carbocycles. The Bertz CT molecular complexity index is 1330. The third-order valence-electron chi connectivity index (χ3n) is 5.16. The standard InChI is InChI=1S/C23H19FN4OS/c24-17-7-5-15(6-8-17)21-13-28-18(14-30-23(28)27-21)11-22(29)25-10-9-16-12-26-20-4-2-1-3-19(16)20/h1-8,12-14,26H,9-11H2,(H,25,29). The van der Waals surface area contributed by atoms with Crippen LogP contribution >= 0.6 is 11.3 Å². The second-order valence-electron chi connectivity index (χ2n) is 7.15. The number of halogens is 1. The first-order valence-corrected chi connectivity index (χ1v) is 10.6. The maximum atomic E-state index is 13.2. The minimum Gasteiger partial charge on any atom is -0.361 e. The van der Waals surface area contributed by atoms with Crippen LogP contribution in [0.2, 0.25) is 0 Å². The number of hydrogen-bond acceptors (Lipinski definition) is 3. The van der Waals surface area contributed by atoms with E-state index in [1.54, 1.807) is 12.1 Å². The van der Waals surface area contributed by atoms with Gasteiger partial charge in [0.1, 0.15) is 5.82 Å².